The third-order valence-corrected chi connectivity index (χ3v) is 7.79. The van der Waals surface area contributed by atoms with Crippen molar-refractivity contribution in [3.8, 4) is 0 Å². The molecule has 1 N–H and O–H groups in total. The average molecular weight is 399 g/mol. The van der Waals surface area contributed by atoms with E-state index in [1.807, 2.05) is 31.4 Å². The van der Waals surface area contributed by atoms with E-state index in [2.05, 4.69) is 5.32 Å². The number of hydrogen-bond acceptors (Lipinski definition) is 5. The molecule has 2 rings (SSSR count). The van der Waals surface area contributed by atoms with Gasteiger partial charge in [-0.1, -0.05) is 32.0 Å². The summed E-state index contributed by atoms with van der Waals surface area (Å²) in [5.74, 6) is 0.327. The first-order valence-corrected chi connectivity index (χ1v) is 11.3. The summed E-state index contributed by atoms with van der Waals surface area (Å²) in [5.41, 5.74) is 0.868. The van der Waals surface area contributed by atoms with Crippen LogP contribution in [-0.2, 0) is 21.4 Å². The highest BCUT2D eigenvalue weighted by atomic mass is 32.2. The molecule has 0 radical (unpaired) electrons. The van der Waals surface area contributed by atoms with Gasteiger partial charge >= 0.3 is 0 Å². The number of thiophene rings is 1. The number of sulfonamides is 1. The van der Waals surface area contributed by atoms with Gasteiger partial charge in [0.05, 0.1) is 14.9 Å². The standard InChI is InChI=1S/C17H22N2O3S3/c1-3-19(4-2)25(21,22)15-9-7-14(8-10-15)12-18-16(20)13-24-17-6-5-11-23-17/h5-11H,3-4,12-13H2,1-2H3,(H,18,20). The molecule has 0 fully saturated rings. The summed E-state index contributed by atoms with van der Waals surface area (Å²) >= 11 is 3.12. The van der Waals surface area contributed by atoms with E-state index in [4.69, 9.17) is 0 Å². The third-order valence-electron chi connectivity index (χ3n) is 3.60. The normalized spacial score (nSPS) is 11.6. The first-order valence-electron chi connectivity index (χ1n) is 7.99. The van der Waals surface area contributed by atoms with Gasteiger partial charge in [0.25, 0.3) is 0 Å². The van der Waals surface area contributed by atoms with E-state index in [1.165, 1.54) is 16.1 Å². The zero-order chi connectivity index (χ0) is 18.3. The van der Waals surface area contributed by atoms with E-state index < -0.39 is 10.0 Å². The topological polar surface area (TPSA) is 66.5 Å². The maximum Gasteiger partial charge on any atom is 0.243 e. The molecule has 1 heterocycles. The second-order valence-corrected chi connectivity index (χ2v) is 9.39. The summed E-state index contributed by atoms with van der Waals surface area (Å²) in [4.78, 5) is 12.2. The Bertz CT molecular complexity index is 768. The molecule has 2 aromatic rings. The molecule has 0 bridgehead atoms. The number of nitrogens with zero attached hydrogens (tertiary/aromatic N) is 1. The SMILES string of the molecule is CCN(CC)S(=O)(=O)c1ccc(CNC(=O)CSc2cccs2)cc1. The fourth-order valence-electron chi connectivity index (χ4n) is 2.23. The highest BCUT2D eigenvalue weighted by Gasteiger charge is 2.21. The molecule has 0 spiro atoms. The Morgan fingerprint density at radius 1 is 1.16 bits per heavy atom. The molecular formula is C17H22N2O3S3. The van der Waals surface area contributed by atoms with Crippen LogP contribution < -0.4 is 5.32 Å². The average Bonchev–Trinajstić information content (AvgIpc) is 3.13. The van der Waals surface area contributed by atoms with Gasteiger partial charge in [0.1, 0.15) is 0 Å². The molecule has 0 saturated heterocycles. The van der Waals surface area contributed by atoms with Crippen LogP contribution in [0.15, 0.2) is 50.9 Å². The van der Waals surface area contributed by atoms with Gasteiger partial charge in [-0.05, 0) is 29.1 Å². The molecule has 0 aliphatic carbocycles. The summed E-state index contributed by atoms with van der Waals surface area (Å²) in [5, 5.41) is 4.83. The Morgan fingerprint density at radius 2 is 1.84 bits per heavy atom. The van der Waals surface area contributed by atoms with Gasteiger partial charge in [-0.3, -0.25) is 4.79 Å². The quantitative estimate of drug-likeness (QED) is 0.659. The Hall–Kier alpha value is -1.35. The van der Waals surface area contributed by atoms with E-state index in [1.54, 1.807) is 35.6 Å². The van der Waals surface area contributed by atoms with Gasteiger partial charge in [0, 0.05) is 19.6 Å². The smallest absolute Gasteiger partial charge is 0.243 e. The number of hydrogen-bond donors (Lipinski definition) is 1. The van der Waals surface area contributed by atoms with Crippen molar-refractivity contribution in [2.24, 2.45) is 0 Å². The molecule has 0 aliphatic rings. The van der Waals surface area contributed by atoms with E-state index in [0.29, 0.717) is 25.4 Å². The first-order chi connectivity index (χ1) is 12.0. The van der Waals surface area contributed by atoms with Crippen molar-refractivity contribution in [2.75, 3.05) is 18.8 Å². The summed E-state index contributed by atoms with van der Waals surface area (Å²) < 4.78 is 27.4. The van der Waals surface area contributed by atoms with E-state index in [9.17, 15) is 13.2 Å². The van der Waals surface area contributed by atoms with Gasteiger partial charge in [-0.15, -0.1) is 23.1 Å². The lowest BCUT2D eigenvalue weighted by molar-refractivity contribution is -0.118. The predicted molar refractivity (Wildman–Crippen MR) is 103 cm³/mol. The lowest BCUT2D eigenvalue weighted by atomic mass is 10.2. The predicted octanol–water partition coefficient (Wildman–Crippen LogP) is 3.19. The van der Waals surface area contributed by atoms with Crippen LogP contribution in [0.3, 0.4) is 0 Å². The number of nitrogens with one attached hydrogen (secondary N) is 1. The molecule has 25 heavy (non-hydrogen) atoms. The van der Waals surface area contributed by atoms with E-state index in [0.717, 1.165) is 9.77 Å². The molecule has 1 aromatic heterocycles. The first kappa shape index (κ1) is 20.0. The molecule has 0 aliphatic heterocycles. The maximum absolute atomic E-state index is 12.4. The zero-order valence-corrected chi connectivity index (χ0v) is 16.7. The zero-order valence-electron chi connectivity index (χ0n) is 14.3. The lowest BCUT2D eigenvalue weighted by Crippen LogP contribution is -2.30. The number of thioether (sulfide) groups is 1. The summed E-state index contributed by atoms with van der Waals surface area (Å²) in [6.45, 7) is 4.91. The third kappa shape index (κ3) is 5.57. The van der Waals surface area contributed by atoms with Crippen LogP contribution in [0, 0.1) is 0 Å². The minimum absolute atomic E-state index is 0.0433. The van der Waals surface area contributed by atoms with Crippen LogP contribution in [0.5, 0.6) is 0 Å². The van der Waals surface area contributed by atoms with Crippen molar-refractivity contribution in [3.63, 3.8) is 0 Å². The number of benzene rings is 1. The van der Waals surface area contributed by atoms with Crippen LogP contribution in [0.1, 0.15) is 19.4 Å². The van der Waals surface area contributed by atoms with Crippen molar-refractivity contribution >= 4 is 39.0 Å². The molecule has 0 atom stereocenters. The van der Waals surface area contributed by atoms with E-state index >= 15 is 0 Å². The van der Waals surface area contributed by atoms with Crippen LogP contribution in [0.4, 0.5) is 0 Å². The second kappa shape index (κ2) is 9.38. The van der Waals surface area contributed by atoms with Crippen molar-refractivity contribution in [1.82, 2.24) is 9.62 Å². The molecule has 0 saturated carbocycles. The Labute approximate surface area is 157 Å². The maximum atomic E-state index is 12.4. The largest absolute Gasteiger partial charge is 0.351 e. The van der Waals surface area contributed by atoms with Crippen molar-refractivity contribution in [1.29, 1.82) is 0 Å². The number of amides is 1. The Kier molecular flexibility index (Phi) is 7.49. The van der Waals surface area contributed by atoms with Crippen LogP contribution in [0.25, 0.3) is 0 Å². The summed E-state index contributed by atoms with van der Waals surface area (Å²) in [7, 11) is -3.44. The van der Waals surface area contributed by atoms with Crippen LogP contribution >= 0.6 is 23.1 Å². The Balaban J connectivity index is 1.88. The monoisotopic (exact) mass is 398 g/mol. The molecule has 5 nitrogen and oxygen atoms in total. The molecule has 0 unspecified atom stereocenters. The van der Waals surface area contributed by atoms with Crippen molar-refractivity contribution < 1.29 is 13.2 Å². The molecule has 8 heteroatoms. The van der Waals surface area contributed by atoms with E-state index in [-0.39, 0.29) is 10.8 Å². The number of carbonyl (C=O) groups is 1. The van der Waals surface area contributed by atoms with Gasteiger partial charge in [-0.25, -0.2) is 8.42 Å². The minimum atomic E-state index is -3.44. The van der Waals surface area contributed by atoms with Crippen LogP contribution in [-0.4, -0.2) is 37.5 Å². The van der Waals surface area contributed by atoms with Crippen molar-refractivity contribution in [3.05, 3.63) is 47.3 Å². The minimum Gasteiger partial charge on any atom is -0.351 e. The van der Waals surface area contributed by atoms with Crippen LogP contribution in [0.2, 0.25) is 0 Å². The summed E-state index contributed by atoms with van der Waals surface area (Å²) in [6, 6.07) is 10.6. The second-order valence-electron chi connectivity index (χ2n) is 5.23. The fourth-order valence-corrected chi connectivity index (χ4v) is 5.30. The molecule has 1 aromatic carbocycles. The molecule has 136 valence electrons. The molecular weight excluding hydrogens is 376 g/mol. The van der Waals surface area contributed by atoms with Gasteiger partial charge in [0.2, 0.25) is 15.9 Å². The van der Waals surface area contributed by atoms with Crippen molar-refractivity contribution in [2.45, 2.75) is 29.5 Å². The van der Waals surface area contributed by atoms with Gasteiger partial charge < -0.3 is 5.32 Å². The Morgan fingerprint density at radius 3 is 2.40 bits per heavy atom. The summed E-state index contributed by atoms with van der Waals surface area (Å²) in [6.07, 6.45) is 0. The highest BCUT2D eigenvalue weighted by molar-refractivity contribution is 8.01. The lowest BCUT2D eigenvalue weighted by Gasteiger charge is -2.18. The number of carbonyl (C=O) groups excluding carboxylic acids is 1. The highest BCUT2D eigenvalue weighted by Crippen LogP contribution is 2.22. The fraction of sp³-hybridized carbons (Fsp3) is 0.353. The number of rotatable bonds is 9. The molecule has 1 amide bonds. The van der Waals surface area contributed by atoms with Gasteiger partial charge in [-0.2, -0.15) is 4.31 Å². The van der Waals surface area contributed by atoms with Gasteiger partial charge in [0.15, 0.2) is 0 Å².